The molecule has 0 fully saturated rings. The maximum Gasteiger partial charge on any atom is 0.259 e. The number of nitrogens with zero attached hydrogens (tertiary/aromatic N) is 2. The number of amides is 2. The van der Waals surface area contributed by atoms with E-state index in [2.05, 4.69) is 9.88 Å². The minimum Gasteiger partial charge on any atom is -0.347 e. The Morgan fingerprint density at radius 2 is 1.37 bits per heavy atom. The summed E-state index contributed by atoms with van der Waals surface area (Å²) in [6.07, 6.45) is 3.78. The van der Waals surface area contributed by atoms with Crippen LogP contribution in [-0.2, 0) is 22.7 Å². The number of imide groups is 1. The van der Waals surface area contributed by atoms with Crippen LogP contribution >= 0.6 is 0 Å². The zero-order valence-corrected chi connectivity index (χ0v) is 19.1. The lowest BCUT2D eigenvalue weighted by molar-refractivity contribution is -0.122. The molecule has 6 heteroatoms. The quantitative estimate of drug-likeness (QED) is 0.356. The summed E-state index contributed by atoms with van der Waals surface area (Å²) in [6, 6.07) is 22.2. The highest BCUT2D eigenvalue weighted by atomic mass is 19.1. The van der Waals surface area contributed by atoms with Crippen molar-refractivity contribution in [1.82, 2.24) is 14.5 Å². The summed E-state index contributed by atoms with van der Waals surface area (Å²) in [5, 5.41) is 4.13. The molecule has 5 aromatic rings. The fourth-order valence-corrected chi connectivity index (χ4v) is 5.05. The van der Waals surface area contributed by atoms with Crippen LogP contribution in [0.15, 0.2) is 85.2 Å². The molecule has 0 saturated carbocycles. The van der Waals surface area contributed by atoms with Gasteiger partial charge in [-0.15, -0.1) is 0 Å². The number of carbonyl (C=O) groups excluding carboxylic acids is 2. The monoisotopic (exact) mass is 463 g/mol. The maximum absolute atomic E-state index is 14.3. The van der Waals surface area contributed by atoms with Crippen LogP contribution in [-0.4, -0.2) is 20.9 Å². The molecular weight excluding hydrogens is 441 g/mol. The summed E-state index contributed by atoms with van der Waals surface area (Å²) in [5.41, 5.74) is 4.71. The minimum absolute atomic E-state index is 0.317. The molecule has 0 spiro atoms. The first-order valence-electron chi connectivity index (χ1n) is 11.6. The van der Waals surface area contributed by atoms with Gasteiger partial charge in [-0.3, -0.25) is 14.9 Å². The largest absolute Gasteiger partial charge is 0.347 e. The average molecular weight is 464 g/mol. The molecule has 0 unspecified atom stereocenters. The molecule has 1 aliphatic rings. The molecule has 1 N–H and O–H groups in total. The van der Waals surface area contributed by atoms with E-state index in [0.29, 0.717) is 34.3 Å². The Balaban J connectivity index is 1.62. The van der Waals surface area contributed by atoms with Gasteiger partial charge in [-0.05, 0) is 36.8 Å². The number of para-hydroxylation sites is 1. The number of nitrogens with one attached hydrogen (secondary N) is 1. The van der Waals surface area contributed by atoms with E-state index in [1.54, 1.807) is 6.07 Å². The summed E-state index contributed by atoms with van der Waals surface area (Å²) in [4.78, 5) is 26.3. The Morgan fingerprint density at radius 1 is 0.743 bits per heavy atom. The number of halogens is 1. The first kappa shape index (κ1) is 21.1. The van der Waals surface area contributed by atoms with Crippen molar-refractivity contribution in [3.8, 4) is 0 Å². The number of benzene rings is 3. The maximum atomic E-state index is 14.3. The van der Waals surface area contributed by atoms with Crippen LogP contribution < -0.4 is 5.32 Å². The van der Waals surface area contributed by atoms with Crippen LogP contribution in [0.2, 0.25) is 0 Å². The molecular formula is C29H22FN3O2. The van der Waals surface area contributed by atoms with Crippen LogP contribution in [0, 0.1) is 5.82 Å². The zero-order valence-electron chi connectivity index (χ0n) is 19.1. The zero-order chi connectivity index (χ0) is 24.1. The predicted octanol–water partition coefficient (Wildman–Crippen LogP) is 5.37. The highest BCUT2D eigenvalue weighted by molar-refractivity contribution is 6.50. The summed E-state index contributed by atoms with van der Waals surface area (Å²) < 4.78 is 18.3. The molecule has 3 aromatic carbocycles. The number of hydrogen-bond acceptors (Lipinski definition) is 2. The van der Waals surface area contributed by atoms with E-state index >= 15 is 0 Å². The molecule has 2 aromatic heterocycles. The lowest BCUT2D eigenvalue weighted by atomic mass is 9.95. The number of fused-ring (bicyclic) bond motifs is 2. The third-order valence-electron chi connectivity index (χ3n) is 6.64. The Kier molecular flexibility index (Phi) is 4.88. The second kappa shape index (κ2) is 8.09. The standard InChI is InChI=1S/C29H22FN3O2/c1-2-32-16-22(20-10-6-7-11-24(20)32)26-27(29(35)31-28(26)34)23-17-33(15-18-8-4-3-5-9-18)25-14-19(30)12-13-21(23)25/h3-14,16-17H,2,15H2,1H3,(H,31,34,35). The number of carbonyl (C=O) groups is 2. The van der Waals surface area contributed by atoms with Gasteiger partial charge in [0.2, 0.25) is 0 Å². The summed E-state index contributed by atoms with van der Waals surface area (Å²) >= 11 is 0. The van der Waals surface area contributed by atoms with Crippen molar-refractivity contribution in [3.63, 3.8) is 0 Å². The van der Waals surface area contributed by atoms with Crippen molar-refractivity contribution >= 4 is 44.8 Å². The average Bonchev–Trinajstić information content (AvgIpc) is 3.50. The lowest BCUT2D eigenvalue weighted by Crippen LogP contribution is -2.22. The summed E-state index contributed by atoms with van der Waals surface area (Å²) in [7, 11) is 0. The van der Waals surface area contributed by atoms with Crippen molar-refractivity contribution in [2.24, 2.45) is 0 Å². The third-order valence-corrected chi connectivity index (χ3v) is 6.64. The highest BCUT2D eigenvalue weighted by Crippen LogP contribution is 2.39. The van der Waals surface area contributed by atoms with Gasteiger partial charge in [0, 0.05) is 52.9 Å². The van der Waals surface area contributed by atoms with Gasteiger partial charge in [-0.1, -0.05) is 48.5 Å². The van der Waals surface area contributed by atoms with Gasteiger partial charge < -0.3 is 9.13 Å². The van der Waals surface area contributed by atoms with Gasteiger partial charge in [0.1, 0.15) is 5.82 Å². The van der Waals surface area contributed by atoms with Crippen LogP contribution in [0.4, 0.5) is 4.39 Å². The van der Waals surface area contributed by atoms with E-state index in [4.69, 9.17) is 0 Å². The van der Waals surface area contributed by atoms with E-state index in [-0.39, 0.29) is 5.82 Å². The fourth-order valence-electron chi connectivity index (χ4n) is 5.05. The number of rotatable bonds is 5. The van der Waals surface area contributed by atoms with Crippen molar-refractivity contribution in [1.29, 1.82) is 0 Å². The normalized spacial score (nSPS) is 13.9. The minimum atomic E-state index is -0.443. The number of aryl methyl sites for hydroxylation is 1. The lowest BCUT2D eigenvalue weighted by Gasteiger charge is -2.05. The second-order valence-electron chi connectivity index (χ2n) is 8.70. The van der Waals surface area contributed by atoms with Gasteiger partial charge in [0.15, 0.2) is 0 Å². The molecule has 0 radical (unpaired) electrons. The van der Waals surface area contributed by atoms with Crippen molar-refractivity contribution in [2.45, 2.75) is 20.0 Å². The number of hydrogen-bond donors (Lipinski definition) is 1. The fraction of sp³-hybridized carbons (Fsp3) is 0.103. The van der Waals surface area contributed by atoms with Gasteiger partial charge in [0.25, 0.3) is 11.8 Å². The molecule has 0 bridgehead atoms. The van der Waals surface area contributed by atoms with Crippen LogP contribution in [0.5, 0.6) is 0 Å². The van der Waals surface area contributed by atoms with Crippen LogP contribution in [0.3, 0.4) is 0 Å². The van der Waals surface area contributed by atoms with Crippen LogP contribution in [0.1, 0.15) is 23.6 Å². The SMILES string of the molecule is CCn1cc(C2=C(c3cn(Cc4ccccc4)c4cc(F)ccc34)C(=O)NC2=O)c2ccccc21. The molecule has 5 nitrogen and oxygen atoms in total. The molecule has 6 rings (SSSR count). The van der Waals surface area contributed by atoms with Gasteiger partial charge in [0.05, 0.1) is 16.7 Å². The van der Waals surface area contributed by atoms with Gasteiger partial charge in [-0.2, -0.15) is 0 Å². The van der Waals surface area contributed by atoms with Gasteiger partial charge >= 0.3 is 0 Å². The molecule has 0 aliphatic carbocycles. The molecule has 35 heavy (non-hydrogen) atoms. The molecule has 1 aliphatic heterocycles. The second-order valence-corrected chi connectivity index (χ2v) is 8.70. The van der Waals surface area contributed by atoms with Crippen molar-refractivity contribution in [2.75, 3.05) is 0 Å². The van der Waals surface area contributed by atoms with E-state index in [1.807, 2.05) is 78.5 Å². The van der Waals surface area contributed by atoms with E-state index in [0.717, 1.165) is 28.4 Å². The highest BCUT2D eigenvalue weighted by Gasteiger charge is 2.35. The molecule has 0 atom stereocenters. The third kappa shape index (κ3) is 3.37. The Morgan fingerprint density at radius 3 is 2.09 bits per heavy atom. The smallest absolute Gasteiger partial charge is 0.259 e. The molecule has 2 amide bonds. The van der Waals surface area contributed by atoms with Crippen molar-refractivity contribution < 1.29 is 14.0 Å². The summed E-state index contributed by atoms with van der Waals surface area (Å²) in [6.45, 7) is 3.28. The van der Waals surface area contributed by atoms with Crippen molar-refractivity contribution in [3.05, 3.63) is 108 Å². The summed E-state index contributed by atoms with van der Waals surface area (Å²) in [5.74, 6) is -1.22. The molecule has 0 saturated heterocycles. The first-order chi connectivity index (χ1) is 17.0. The Labute approximate surface area is 201 Å². The van der Waals surface area contributed by atoms with E-state index in [9.17, 15) is 14.0 Å². The van der Waals surface area contributed by atoms with Crippen LogP contribution in [0.25, 0.3) is 33.0 Å². The predicted molar refractivity (Wildman–Crippen MR) is 135 cm³/mol. The molecule has 172 valence electrons. The topological polar surface area (TPSA) is 56.0 Å². The van der Waals surface area contributed by atoms with Gasteiger partial charge in [-0.25, -0.2) is 4.39 Å². The van der Waals surface area contributed by atoms with E-state index < -0.39 is 11.8 Å². The Hall–Kier alpha value is -4.45. The molecule has 3 heterocycles. The van der Waals surface area contributed by atoms with E-state index in [1.165, 1.54) is 12.1 Å². The first-order valence-corrected chi connectivity index (χ1v) is 11.6. The Bertz CT molecular complexity index is 1670. The number of aromatic nitrogens is 2.